The van der Waals surface area contributed by atoms with Crippen molar-refractivity contribution in [3.05, 3.63) is 106 Å². The summed E-state index contributed by atoms with van der Waals surface area (Å²) in [6.07, 6.45) is 2.74. The van der Waals surface area contributed by atoms with Gasteiger partial charge in [-0.2, -0.15) is 13.2 Å². The van der Waals surface area contributed by atoms with Gasteiger partial charge in [0.15, 0.2) is 0 Å². The molecule has 1 fully saturated rings. The normalized spacial score (nSPS) is 17.5. The van der Waals surface area contributed by atoms with E-state index in [0.717, 1.165) is 55.6 Å². The largest absolute Gasteiger partial charge is 0.416 e. The van der Waals surface area contributed by atoms with Crippen LogP contribution in [0.4, 0.5) is 13.2 Å². The molecule has 2 heterocycles. The molecule has 6 heteroatoms. The van der Waals surface area contributed by atoms with Crippen molar-refractivity contribution in [3.8, 4) is 0 Å². The lowest BCUT2D eigenvalue weighted by molar-refractivity contribution is -0.137. The molecule has 0 saturated carbocycles. The molecule has 0 radical (unpaired) electrons. The highest BCUT2D eigenvalue weighted by Gasteiger charge is 2.35. The Labute approximate surface area is 205 Å². The molecule has 1 aromatic heterocycles. The van der Waals surface area contributed by atoms with Gasteiger partial charge in [0.2, 0.25) is 0 Å². The molecule has 1 N–H and O–H groups in total. The number of alkyl halides is 3. The molecular weight excluding hydrogens is 449 g/mol. The molecule has 184 valence electrons. The molecule has 35 heavy (non-hydrogen) atoms. The van der Waals surface area contributed by atoms with E-state index in [4.69, 9.17) is 4.74 Å². The molecule has 1 aliphatic heterocycles. The van der Waals surface area contributed by atoms with Gasteiger partial charge in [0.05, 0.1) is 24.5 Å². The van der Waals surface area contributed by atoms with Crippen molar-refractivity contribution >= 4 is 5.57 Å². The Morgan fingerprint density at radius 2 is 1.80 bits per heavy atom. The highest BCUT2D eigenvalue weighted by atomic mass is 19.4. The Morgan fingerprint density at radius 3 is 2.57 bits per heavy atom. The fourth-order valence-electron chi connectivity index (χ4n) is 5.28. The van der Waals surface area contributed by atoms with Crippen molar-refractivity contribution in [1.82, 2.24) is 10.3 Å². The number of nitrogens with zero attached hydrogens (tertiary/aromatic N) is 1. The van der Waals surface area contributed by atoms with Gasteiger partial charge in [-0.1, -0.05) is 42.5 Å². The molecule has 0 unspecified atom stereocenters. The van der Waals surface area contributed by atoms with Crippen LogP contribution in [0.2, 0.25) is 0 Å². The van der Waals surface area contributed by atoms with Crippen LogP contribution in [0.3, 0.4) is 0 Å². The number of benzene rings is 2. The number of halogens is 3. The highest BCUT2D eigenvalue weighted by Crippen LogP contribution is 2.37. The number of rotatable bonds is 6. The first-order chi connectivity index (χ1) is 16.9. The van der Waals surface area contributed by atoms with E-state index in [-0.39, 0.29) is 13.4 Å². The molecule has 1 aliphatic carbocycles. The number of hydrogen-bond donors (Lipinski definition) is 1. The third-order valence-electron chi connectivity index (χ3n) is 7.13. The molecule has 5 rings (SSSR count). The maximum atomic E-state index is 13.8. The van der Waals surface area contributed by atoms with Crippen LogP contribution < -0.4 is 5.32 Å². The summed E-state index contributed by atoms with van der Waals surface area (Å²) in [5.74, 6) is 0. The zero-order valence-corrected chi connectivity index (χ0v) is 19.6. The van der Waals surface area contributed by atoms with Crippen LogP contribution in [-0.4, -0.2) is 24.7 Å². The van der Waals surface area contributed by atoms with Crippen LogP contribution in [0.1, 0.15) is 54.2 Å². The maximum absolute atomic E-state index is 13.8. The van der Waals surface area contributed by atoms with Crippen molar-refractivity contribution in [3.63, 3.8) is 0 Å². The molecule has 3 aromatic rings. The van der Waals surface area contributed by atoms with E-state index in [2.05, 4.69) is 22.4 Å². The van der Waals surface area contributed by atoms with Crippen LogP contribution in [0.5, 0.6) is 0 Å². The molecule has 0 amide bonds. The molecule has 0 bridgehead atoms. The SMILES string of the molecule is FC(F)(F)c1cc(COCC2(c3ccccc3)CCNCC2)cc(C2=CCCc3cccnc32)c1.[HH]. The van der Waals surface area contributed by atoms with E-state index in [1.807, 2.05) is 42.5 Å². The van der Waals surface area contributed by atoms with Crippen molar-refractivity contribution in [1.29, 1.82) is 0 Å². The van der Waals surface area contributed by atoms with Crippen LogP contribution in [0.25, 0.3) is 5.57 Å². The second-order valence-electron chi connectivity index (χ2n) is 9.47. The molecule has 2 aliphatic rings. The Bertz CT molecular complexity index is 1200. The molecule has 2 aromatic carbocycles. The number of aromatic nitrogens is 1. The van der Waals surface area contributed by atoms with Crippen molar-refractivity contribution in [2.75, 3.05) is 19.7 Å². The number of aryl methyl sites for hydroxylation is 1. The molecule has 1 saturated heterocycles. The van der Waals surface area contributed by atoms with Gasteiger partial charge in [-0.05, 0) is 85.3 Å². The summed E-state index contributed by atoms with van der Waals surface area (Å²) in [4.78, 5) is 4.48. The standard InChI is InChI=1S/C29H29F3N2O.H2/c30-29(31,32)25-17-21(16-23(18-25)26-10-4-6-22-7-5-13-34-27(22)26)19-35-20-28(11-14-33-15-12-28)24-8-2-1-3-9-24;/h1-3,5,7-10,13,16-18,33H,4,6,11-12,14-15,19-20H2;1H. The van der Waals surface area contributed by atoms with Gasteiger partial charge in [-0.15, -0.1) is 0 Å². The summed E-state index contributed by atoms with van der Waals surface area (Å²) in [5.41, 5.74) is 4.09. The monoisotopic (exact) mass is 480 g/mol. The predicted octanol–water partition coefficient (Wildman–Crippen LogP) is 6.56. The lowest BCUT2D eigenvalue weighted by Crippen LogP contribution is -2.43. The summed E-state index contributed by atoms with van der Waals surface area (Å²) in [5, 5.41) is 3.40. The van der Waals surface area contributed by atoms with E-state index < -0.39 is 11.7 Å². The summed E-state index contributed by atoms with van der Waals surface area (Å²) in [6, 6.07) is 18.4. The van der Waals surface area contributed by atoms with E-state index >= 15 is 0 Å². The first kappa shape index (κ1) is 23.8. The quantitative estimate of drug-likeness (QED) is 0.434. The number of hydrogen-bond acceptors (Lipinski definition) is 3. The molecule has 0 spiro atoms. The number of ether oxygens (including phenoxy) is 1. The zero-order valence-electron chi connectivity index (χ0n) is 19.6. The summed E-state index contributed by atoms with van der Waals surface area (Å²) >= 11 is 0. The first-order valence-electron chi connectivity index (χ1n) is 12.1. The summed E-state index contributed by atoms with van der Waals surface area (Å²) < 4.78 is 47.6. The minimum atomic E-state index is -4.44. The van der Waals surface area contributed by atoms with Crippen molar-refractivity contribution in [2.24, 2.45) is 0 Å². The minimum absolute atomic E-state index is 0. The first-order valence-corrected chi connectivity index (χ1v) is 12.1. The summed E-state index contributed by atoms with van der Waals surface area (Å²) in [6.45, 7) is 2.39. The minimum Gasteiger partial charge on any atom is -0.376 e. The maximum Gasteiger partial charge on any atom is 0.416 e. The smallest absolute Gasteiger partial charge is 0.376 e. The average Bonchev–Trinajstić information content (AvgIpc) is 2.89. The van der Waals surface area contributed by atoms with Gasteiger partial charge in [0, 0.05) is 18.6 Å². The van der Waals surface area contributed by atoms with Gasteiger partial charge in [0.25, 0.3) is 0 Å². The molecule has 3 nitrogen and oxygen atoms in total. The van der Waals surface area contributed by atoms with E-state index in [1.165, 1.54) is 17.7 Å². The number of nitrogens with one attached hydrogen (secondary N) is 1. The Balaban J connectivity index is 0.00000304. The van der Waals surface area contributed by atoms with Gasteiger partial charge < -0.3 is 10.1 Å². The van der Waals surface area contributed by atoms with E-state index in [0.29, 0.717) is 17.7 Å². The second kappa shape index (κ2) is 9.96. The summed E-state index contributed by atoms with van der Waals surface area (Å²) in [7, 11) is 0. The Hall–Kier alpha value is -2.96. The van der Waals surface area contributed by atoms with E-state index in [9.17, 15) is 13.2 Å². The average molecular weight is 481 g/mol. The Kier molecular flexibility index (Phi) is 6.76. The molecular formula is C29H31F3N2O. The lowest BCUT2D eigenvalue weighted by Gasteiger charge is -2.38. The number of fused-ring (bicyclic) bond motifs is 1. The number of allylic oxidation sites excluding steroid dienone is 1. The predicted molar refractivity (Wildman–Crippen MR) is 133 cm³/mol. The Morgan fingerprint density at radius 1 is 1.00 bits per heavy atom. The third-order valence-corrected chi connectivity index (χ3v) is 7.13. The van der Waals surface area contributed by atoms with Gasteiger partial charge in [-0.3, -0.25) is 4.98 Å². The second-order valence-corrected chi connectivity index (χ2v) is 9.47. The fraction of sp³-hybridized carbons (Fsp3) is 0.345. The number of piperidine rings is 1. The zero-order chi connectivity index (χ0) is 24.3. The van der Waals surface area contributed by atoms with Crippen LogP contribution >= 0.6 is 0 Å². The van der Waals surface area contributed by atoms with Crippen molar-refractivity contribution in [2.45, 2.75) is 43.9 Å². The lowest BCUT2D eigenvalue weighted by atomic mass is 9.74. The van der Waals surface area contributed by atoms with E-state index in [1.54, 1.807) is 6.20 Å². The van der Waals surface area contributed by atoms with Crippen LogP contribution in [0.15, 0.2) is 72.9 Å². The molecule has 0 atom stereocenters. The number of pyridine rings is 1. The van der Waals surface area contributed by atoms with Crippen LogP contribution in [-0.2, 0) is 29.4 Å². The fourth-order valence-corrected chi connectivity index (χ4v) is 5.28. The van der Waals surface area contributed by atoms with Crippen LogP contribution in [0, 0.1) is 0 Å². The topological polar surface area (TPSA) is 34.1 Å². The van der Waals surface area contributed by atoms with Gasteiger partial charge in [-0.25, -0.2) is 0 Å². The van der Waals surface area contributed by atoms with Gasteiger partial charge >= 0.3 is 6.18 Å². The third kappa shape index (κ3) is 5.19. The highest BCUT2D eigenvalue weighted by molar-refractivity contribution is 5.81. The van der Waals surface area contributed by atoms with Crippen molar-refractivity contribution < 1.29 is 19.3 Å². The van der Waals surface area contributed by atoms with Gasteiger partial charge in [0.1, 0.15) is 0 Å².